The Morgan fingerprint density at radius 1 is 1.43 bits per heavy atom. The highest BCUT2D eigenvalue weighted by atomic mass is 35.5. The maximum absolute atomic E-state index is 14.0. The second kappa shape index (κ2) is 7.65. The summed E-state index contributed by atoms with van der Waals surface area (Å²) in [6.07, 6.45) is 12.1. The first-order valence-electron chi connectivity index (χ1n) is 7.50. The Morgan fingerprint density at radius 2 is 2.24 bits per heavy atom. The van der Waals surface area contributed by atoms with Gasteiger partial charge in [0.05, 0.1) is 12.1 Å². The lowest BCUT2D eigenvalue weighted by atomic mass is 9.84. The molecule has 0 aromatic heterocycles. The Hall–Kier alpha value is -1.28. The van der Waals surface area contributed by atoms with Crippen LogP contribution in [0.4, 0.5) is 4.39 Å². The minimum absolute atomic E-state index is 0.174. The van der Waals surface area contributed by atoms with Gasteiger partial charge in [0.25, 0.3) is 0 Å². The molecule has 0 saturated carbocycles. The molecule has 2 rings (SSSR count). The van der Waals surface area contributed by atoms with Gasteiger partial charge in [-0.05, 0) is 68.2 Å². The van der Waals surface area contributed by atoms with Gasteiger partial charge < -0.3 is 4.74 Å². The number of benzene rings is 1. The van der Waals surface area contributed by atoms with Gasteiger partial charge in [0.15, 0.2) is 11.6 Å². The van der Waals surface area contributed by atoms with Crippen molar-refractivity contribution in [3.63, 3.8) is 0 Å². The molecule has 0 bridgehead atoms. The summed E-state index contributed by atoms with van der Waals surface area (Å²) < 4.78 is 19.0. The minimum Gasteiger partial charge on any atom is -0.494 e. The molecule has 1 aliphatic carbocycles. The van der Waals surface area contributed by atoms with Crippen molar-refractivity contribution in [2.24, 2.45) is 5.92 Å². The van der Waals surface area contributed by atoms with Gasteiger partial charge in [0, 0.05) is 0 Å². The van der Waals surface area contributed by atoms with Gasteiger partial charge in [0.1, 0.15) is 0 Å². The molecule has 1 aromatic rings. The summed E-state index contributed by atoms with van der Waals surface area (Å²) in [5.41, 5.74) is 1.96. The van der Waals surface area contributed by atoms with Crippen molar-refractivity contribution in [3.05, 3.63) is 46.8 Å². The van der Waals surface area contributed by atoms with E-state index >= 15 is 0 Å². The molecule has 0 N–H and O–H groups in total. The summed E-state index contributed by atoms with van der Waals surface area (Å²) in [6, 6.07) is 3.51. The number of halogens is 2. The minimum atomic E-state index is -0.465. The first-order chi connectivity index (χ1) is 10.2. The average molecular weight is 309 g/mol. The van der Waals surface area contributed by atoms with E-state index in [1.54, 1.807) is 6.07 Å². The van der Waals surface area contributed by atoms with Gasteiger partial charge in [0.2, 0.25) is 0 Å². The number of allylic oxidation sites excluding steroid dienone is 4. The van der Waals surface area contributed by atoms with Crippen LogP contribution in [0.3, 0.4) is 0 Å². The van der Waals surface area contributed by atoms with Crippen LogP contribution in [-0.4, -0.2) is 7.11 Å². The molecular weight excluding hydrogens is 287 g/mol. The quantitative estimate of drug-likeness (QED) is 0.604. The summed E-state index contributed by atoms with van der Waals surface area (Å²) in [5.74, 6) is 0.462. The first-order valence-corrected chi connectivity index (χ1v) is 7.87. The second-order valence-electron chi connectivity index (χ2n) is 5.46. The fourth-order valence-electron chi connectivity index (χ4n) is 2.83. The molecule has 1 atom stereocenters. The van der Waals surface area contributed by atoms with Crippen molar-refractivity contribution >= 4 is 17.2 Å². The lowest BCUT2D eigenvalue weighted by Crippen LogP contribution is -2.06. The van der Waals surface area contributed by atoms with Crippen LogP contribution in [0.5, 0.6) is 5.75 Å². The predicted octanol–water partition coefficient (Wildman–Crippen LogP) is 6.03. The van der Waals surface area contributed by atoms with Gasteiger partial charge in [-0.1, -0.05) is 29.8 Å². The standard InChI is InChI=1S/C18H22ClFO/c1-3-4-5-6-13-7-9-14(10-8-13)15-11-12-16(21-2)18(20)17(15)19/h3-4,9,11-13H,5-8,10H2,1-2H3/b4-3+. The van der Waals surface area contributed by atoms with E-state index < -0.39 is 5.82 Å². The number of ether oxygens (including phenoxy) is 1. The molecule has 21 heavy (non-hydrogen) atoms. The van der Waals surface area contributed by atoms with Crippen LogP contribution in [0, 0.1) is 11.7 Å². The lowest BCUT2D eigenvalue weighted by molar-refractivity contribution is 0.386. The van der Waals surface area contributed by atoms with Gasteiger partial charge in [-0.25, -0.2) is 4.39 Å². The highest BCUT2D eigenvalue weighted by molar-refractivity contribution is 6.32. The zero-order chi connectivity index (χ0) is 15.2. The van der Waals surface area contributed by atoms with Gasteiger partial charge >= 0.3 is 0 Å². The van der Waals surface area contributed by atoms with E-state index in [1.165, 1.54) is 13.5 Å². The third-order valence-electron chi connectivity index (χ3n) is 4.11. The molecule has 3 heteroatoms. The average Bonchev–Trinajstić information content (AvgIpc) is 2.51. The van der Waals surface area contributed by atoms with Crippen LogP contribution in [0.2, 0.25) is 5.02 Å². The van der Waals surface area contributed by atoms with Crippen LogP contribution in [0.25, 0.3) is 5.57 Å². The summed E-state index contributed by atoms with van der Waals surface area (Å²) in [7, 11) is 1.45. The second-order valence-corrected chi connectivity index (χ2v) is 5.84. The summed E-state index contributed by atoms with van der Waals surface area (Å²) in [6.45, 7) is 2.05. The van der Waals surface area contributed by atoms with E-state index in [1.807, 2.05) is 6.07 Å². The maximum Gasteiger partial charge on any atom is 0.184 e. The van der Waals surface area contributed by atoms with Gasteiger partial charge in [-0.15, -0.1) is 0 Å². The fourth-order valence-corrected chi connectivity index (χ4v) is 3.11. The van der Waals surface area contributed by atoms with Crippen molar-refractivity contribution in [1.29, 1.82) is 0 Å². The first kappa shape index (κ1) is 16.1. The molecule has 0 radical (unpaired) electrons. The zero-order valence-electron chi connectivity index (χ0n) is 12.7. The van der Waals surface area contributed by atoms with E-state index in [0.717, 1.165) is 42.7 Å². The van der Waals surface area contributed by atoms with Crippen LogP contribution in [0.1, 0.15) is 44.6 Å². The highest BCUT2D eigenvalue weighted by Crippen LogP contribution is 2.38. The molecule has 0 aliphatic heterocycles. The van der Waals surface area contributed by atoms with Crippen molar-refractivity contribution in [2.45, 2.75) is 39.0 Å². The third kappa shape index (κ3) is 3.88. The Kier molecular flexibility index (Phi) is 5.86. The monoisotopic (exact) mass is 308 g/mol. The summed E-state index contributed by atoms with van der Waals surface area (Å²) in [4.78, 5) is 0. The van der Waals surface area contributed by atoms with Crippen LogP contribution >= 0.6 is 11.6 Å². The topological polar surface area (TPSA) is 9.23 Å². The Balaban J connectivity index is 2.09. The molecule has 1 unspecified atom stereocenters. The van der Waals surface area contributed by atoms with Crippen molar-refractivity contribution < 1.29 is 9.13 Å². The molecule has 0 spiro atoms. The van der Waals surface area contributed by atoms with E-state index in [2.05, 4.69) is 25.2 Å². The largest absolute Gasteiger partial charge is 0.494 e. The summed E-state index contributed by atoms with van der Waals surface area (Å²) in [5, 5.41) is 0.174. The Morgan fingerprint density at radius 3 is 2.86 bits per heavy atom. The van der Waals surface area contributed by atoms with Gasteiger partial charge in [-0.2, -0.15) is 0 Å². The molecule has 0 amide bonds. The maximum atomic E-state index is 14.0. The van der Waals surface area contributed by atoms with E-state index in [9.17, 15) is 4.39 Å². The normalized spacial score (nSPS) is 18.9. The van der Waals surface area contributed by atoms with Gasteiger partial charge in [-0.3, -0.25) is 0 Å². The molecule has 114 valence electrons. The lowest BCUT2D eigenvalue weighted by Gasteiger charge is -2.22. The molecule has 1 aromatic carbocycles. The van der Waals surface area contributed by atoms with E-state index in [0.29, 0.717) is 0 Å². The molecule has 0 saturated heterocycles. The van der Waals surface area contributed by atoms with Crippen LogP contribution in [0.15, 0.2) is 30.4 Å². The Labute approximate surface area is 131 Å². The number of hydrogen-bond donors (Lipinski definition) is 0. The van der Waals surface area contributed by atoms with E-state index in [4.69, 9.17) is 16.3 Å². The number of hydrogen-bond acceptors (Lipinski definition) is 1. The van der Waals surface area contributed by atoms with Crippen molar-refractivity contribution in [3.8, 4) is 5.75 Å². The third-order valence-corrected chi connectivity index (χ3v) is 4.48. The SMILES string of the molecule is C/C=C/CCC1CC=C(c2ccc(OC)c(F)c2Cl)CC1. The number of methoxy groups -OCH3 is 1. The predicted molar refractivity (Wildman–Crippen MR) is 87.3 cm³/mol. The highest BCUT2D eigenvalue weighted by Gasteiger charge is 2.19. The summed E-state index contributed by atoms with van der Waals surface area (Å²) >= 11 is 6.14. The molecule has 0 heterocycles. The van der Waals surface area contributed by atoms with E-state index in [-0.39, 0.29) is 10.8 Å². The Bertz CT molecular complexity index is 548. The fraction of sp³-hybridized carbons (Fsp3) is 0.444. The molecule has 0 fully saturated rings. The van der Waals surface area contributed by atoms with Crippen molar-refractivity contribution in [1.82, 2.24) is 0 Å². The molecular formula is C18H22ClFO. The van der Waals surface area contributed by atoms with Crippen LogP contribution < -0.4 is 4.74 Å². The zero-order valence-corrected chi connectivity index (χ0v) is 13.4. The smallest absolute Gasteiger partial charge is 0.184 e. The van der Waals surface area contributed by atoms with Crippen molar-refractivity contribution in [2.75, 3.05) is 7.11 Å². The van der Waals surface area contributed by atoms with Crippen LogP contribution in [-0.2, 0) is 0 Å². The number of rotatable bonds is 5. The molecule has 1 nitrogen and oxygen atoms in total. The molecule has 1 aliphatic rings.